The maximum Gasteiger partial charge on any atom is 0.331 e. The van der Waals surface area contributed by atoms with Crippen molar-refractivity contribution >= 4 is 20.9 Å². The highest BCUT2D eigenvalue weighted by atomic mass is 32.2. The average Bonchev–Trinajstić information content (AvgIpc) is 3.33. The maximum atomic E-state index is 13.1. The minimum atomic E-state index is -4.00. The van der Waals surface area contributed by atoms with Crippen molar-refractivity contribution in [3.8, 4) is 0 Å². The van der Waals surface area contributed by atoms with Gasteiger partial charge in [0.1, 0.15) is 6.67 Å². The number of nitrogens with one attached hydrogen (secondary N) is 3. The number of aryl methyl sites for hydroxylation is 1. The molecule has 0 amide bonds. The Bertz CT molecular complexity index is 1190. The third-order valence-electron chi connectivity index (χ3n) is 5.45. The van der Waals surface area contributed by atoms with Crippen LogP contribution in [0.1, 0.15) is 12.8 Å². The van der Waals surface area contributed by atoms with Gasteiger partial charge in [-0.15, -0.1) is 0 Å². The first-order chi connectivity index (χ1) is 13.7. The van der Waals surface area contributed by atoms with Gasteiger partial charge in [0.05, 0.1) is 27.4 Å². The number of hydrogen-bond acceptors (Lipinski definition) is 7. The maximum absolute atomic E-state index is 13.1. The summed E-state index contributed by atoms with van der Waals surface area (Å²) >= 11 is 0. The third-order valence-corrected chi connectivity index (χ3v) is 7.02. The van der Waals surface area contributed by atoms with Gasteiger partial charge in [-0.25, -0.2) is 33.2 Å². The van der Waals surface area contributed by atoms with Crippen LogP contribution in [0.25, 0.3) is 10.9 Å². The Morgan fingerprint density at radius 3 is 2.59 bits per heavy atom. The lowest BCUT2D eigenvalue weighted by Gasteiger charge is -2.16. The van der Waals surface area contributed by atoms with Crippen LogP contribution >= 0.6 is 0 Å². The molecule has 1 unspecified atom stereocenters. The van der Waals surface area contributed by atoms with Gasteiger partial charge in [-0.2, -0.15) is 5.12 Å². The first kappa shape index (κ1) is 20.2. The van der Waals surface area contributed by atoms with Gasteiger partial charge in [0.15, 0.2) is 0 Å². The Morgan fingerprint density at radius 2 is 2.00 bits per heavy atom. The van der Waals surface area contributed by atoms with E-state index >= 15 is 0 Å². The topological polar surface area (TPSA) is 117 Å². The van der Waals surface area contributed by atoms with E-state index in [0.29, 0.717) is 24.9 Å². The van der Waals surface area contributed by atoms with Crippen LogP contribution in [0.15, 0.2) is 32.7 Å². The fourth-order valence-corrected chi connectivity index (χ4v) is 4.99. The molecule has 1 saturated carbocycles. The summed E-state index contributed by atoms with van der Waals surface area (Å²) < 4.78 is 43.3. The van der Waals surface area contributed by atoms with Crippen LogP contribution in [0.3, 0.4) is 0 Å². The number of rotatable bonds is 6. The molecule has 158 valence electrons. The molecular formula is C17H23FN6O4S. The first-order valence-electron chi connectivity index (χ1n) is 9.23. The second kappa shape index (κ2) is 6.99. The van der Waals surface area contributed by atoms with Crippen molar-refractivity contribution < 1.29 is 12.8 Å². The highest BCUT2D eigenvalue weighted by Crippen LogP contribution is 2.37. The normalized spacial score (nSPS) is 21.7. The number of benzene rings is 1. The molecular weight excluding hydrogens is 403 g/mol. The number of fused-ring (bicyclic) bond motifs is 1. The van der Waals surface area contributed by atoms with E-state index in [1.165, 1.54) is 29.8 Å². The van der Waals surface area contributed by atoms with E-state index in [9.17, 15) is 22.4 Å². The van der Waals surface area contributed by atoms with E-state index in [0.717, 1.165) is 4.57 Å². The molecule has 0 bridgehead atoms. The second-order valence-electron chi connectivity index (χ2n) is 7.70. The van der Waals surface area contributed by atoms with Crippen molar-refractivity contribution in [2.45, 2.75) is 35.9 Å². The van der Waals surface area contributed by atoms with E-state index in [1.54, 1.807) is 12.2 Å². The molecule has 2 aliphatic rings. The van der Waals surface area contributed by atoms with Gasteiger partial charge in [0.25, 0.3) is 5.56 Å². The largest absolute Gasteiger partial charge is 0.331 e. The Balaban J connectivity index is 1.77. The van der Waals surface area contributed by atoms with Crippen molar-refractivity contribution in [1.82, 2.24) is 29.8 Å². The van der Waals surface area contributed by atoms with Crippen LogP contribution in [-0.4, -0.2) is 54.5 Å². The van der Waals surface area contributed by atoms with E-state index in [1.807, 2.05) is 0 Å². The molecule has 0 radical (unpaired) electrons. The molecule has 2 fully saturated rings. The zero-order chi connectivity index (χ0) is 21.0. The van der Waals surface area contributed by atoms with Gasteiger partial charge in [-0.05, 0) is 31.0 Å². The number of nitrogens with zero attached hydrogens (tertiary/aromatic N) is 3. The number of hydrogen-bond donors (Lipinski definition) is 3. The average molecular weight is 426 g/mol. The van der Waals surface area contributed by atoms with Gasteiger partial charge >= 0.3 is 5.69 Å². The van der Waals surface area contributed by atoms with Crippen LogP contribution in [0, 0.1) is 0 Å². The van der Waals surface area contributed by atoms with E-state index in [4.69, 9.17) is 0 Å². The number of hydrazine groups is 2. The molecule has 2 aromatic rings. The quantitative estimate of drug-likeness (QED) is 0.531. The molecule has 12 heteroatoms. The molecule has 1 aliphatic carbocycles. The summed E-state index contributed by atoms with van der Waals surface area (Å²) in [6, 6.07) is 3.82. The first-order valence-corrected chi connectivity index (χ1v) is 10.7. The molecule has 4 rings (SSSR count). The Hall–Kier alpha value is -2.12. The van der Waals surface area contributed by atoms with Gasteiger partial charge in [0, 0.05) is 27.2 Å². The summed E-state index contributed by atoms with van der Waals surface area (Å²) in [7, 11) is -0.693. The van der Waals surface area contributed by atoms with Crippen LogP contribution in [0.4, 0.5) is 4.39 Å². The zero-order valence-electron chi connectivity index (χ0n) is 16.1. The van der Waals surface area contributed by atoms with Gasteiger partial charge in [-0.1, -0.05) is 0 Å². The predicted octanol–water partition coefficient (Wildman–Crippen LogP) is -1.20. The lowest BCUT2D eigenvalue weighted by Crippen LogP contribution is -2.45. The fraction of sp³-hybridized carbons (Fsp3) is 0.529. The number of alkyl halides is 1. The van der Waals surface area contributed by atoms with Crippen molar-refractivity contribution in [3.63, 3.8) is 0 Å². The molecule has 1 aromatic heterocycles. The van der Waals surface area contributed by atoms with Crippen LogP contribution in [0.5, 0.6) is 0 Å². The predicted molar refractivity (Wildman–Crippen MR) is 104 cm³/mol. The van der Waals surface area contributed by atoms with Crippen LogP contribution < -0.4 is 26.8 Å². The van der Waals surface area contributed by atoms with Gasteiger partial charge in [0.2, 0.25) is 10.0 Å². The standard InChI is InChI=1S/C17H23FN6O4S/c1-22-14-4-3-12(29(27,28)21-17(10-18)5-6-17)7-13(14)15(25)24(16(22)26)9-11-8-19-23(2)20-11/h3-4,7,11,19-21H,5-6,8-10H2,1-2H3. The minimum absolute atomic E-state index is 0.111. The molecule has 1 atom stereocenters. The van der Waals surface area contributed by atoms with E-state index in [-0.39, 0.29) is 22.9 Å². The van der Waals surface area contributed by atoms with Gasteiger partial charge in [-0.3, -0.25) is 13.9 Å². The Morgan fingerprint density at radius 1 is 1.28 bits per heavy atom. The molecule has 1 aliphatic heterocycles. The highest BCUT2D eigenvalue weighted by Gasteiger charge is 2.46. The Kier molecular flexibility index (Phi) is 4.86. The number of aromatic nitrogens is 2. The summed E-state index contributed by atoms with van der Waals surface area (Å²) in [6.07, 6.45) is 0.878. The molecule has 1 aromatic carbocycles. The molecule has 10 nitrogen and oxygen atoms in total. The summed E-state index contributed by atoms with van der Waals surface area (Å²) in [5.41, 5.74) is 4.34. The van der Waals surface area contributed by atoms with Crippen molar-refractivity contribution in [1.29, 1.82) is 0 Å². The summed E-state index contributed by atoms with van der Waals surface area (Å²) in [4.78, 5) is 25.6. The monoisotopic (exact) mass is 426 g/mol. The fourth-order valence-electron chi connectivity index (χ4n) is 3.52. The van der Waals surface area contributed by atoms with Crippen molar-refractivity contribution in [2.75, 3.05) is 20.3 Å². The molecule has 2 heterocycles. The van der Waals surface area contributed by atoms with Crippen LogP contribution in [0.2, 0.25) is 0 Å². The van der Waals surface area contributed by atoms with Crippen molar-refractivity contribution in [3.05, 3.63) is 39.0 Å². The Labute approximate surface area is 166 Å². The highest BCUT2D eigenvalue weighted by molar-refractivity contribution is 7.89. The minimum Gasteiger partial charge on any atom is -0.296 e. The molecule has 1 saturated heterocycles. The third kappa shape index (κ3) is 3.62. The van der Waals surface area contributed by atoms with Gasteiger partial charge < -0.3 is 0 Å². The zero-order valence-corrected chi connectivity index (χ0v) is 16.9. The summed E-state index contributed by atoms with van der Waals surface area (Å²) in [5, 5.41) is 1.76. The summed E-state index contributed by atoms with van der Waals surface area (Å²) in [6.45, 7) is -0.120. The lowest BCUT2D eigenvalue weighted by atomic mass is 10.2. The SMILES string of the molecule is CN1NCC(Cn2c(=O)c3cc(S(=O)(=O)NC4(CF)CC4)ccc3n(C)c2=O)N1. The summed E-state index contributed by atoms with van der Waals surface area (Å²) in [5.74, 6) is 0. The lowest BCUT2D eigenvalue weighted by molar-refractivity contribution is 0.218. The number of sulfonamides is 1. The molecule has 29 heavy (non-hydrogen) atoms. The number of halogens is 1. The van der Waals surface area contributed by atoms with E-state index < -0.39 is 33.5 Å². The molecule has 0 spiro atoms. The molecule has 3 N–H and O–H groups in total. The second-order valence-corrected chi connectivity index (χ2v) is 9.39. The van der Waals surface area contributed by atoms with E-state index in [2.05, 4.69) is 15.6 Å². The van der Waals surface area contributed by atoms with Crippen molar-refractivity contribution in [2.24, 2.45) is 7.05 Å². The van der Waals surface area contributed by atoms with Crippen LogP contribution in [-0.2, 0) is 23.6 Å². The smallest absolute Gasteiger partial charge is 0.296 e.